The largest absolute Gasteiger partial charge is 0.396 e. The van der Waals surface area contributed by atoms with Gasteiger partial charge in [0, 0.05) is 31.7 Å². The molecule has 0 bridgehead atoms. The summed E-state index contributed by atoms with van der Waals surface area (Å²) in [6, 6.07) is 0. The van der Waals surface area contributed by atoms with Crippen LogP contribution in [0.3, 0.4) is 0 Å². The van der Waals surface area contributed by atoms with Gasteiger partial charge >= 0.3 is 0 Å². The second kappa shape index (κ2) is 4.14. The van der Waals surface area contributed by atoms with E-state index in [1.54, 1.807) is 0 Å². The normalized spacial score (nSPS) is 20.8. The highest BCUT2D eigenvalue weighted by molar-refractivity contribution is 7.89. The lowest BCUT2D eigenvalue weighted by Gasteiger charge is -2.22. The Balaban J connectivity index is 2.26. The van der Waals surface area contributed by atoms with E-state index in [0.717, 1.165) is 18.7 Å². The minimum Gasteiger partial charge on any atom is -0.396 e. The molecule has 1 aliphatic heterocycles. The summed E-state index contributed by atoms with van der Waals surface area (Å²) >= 11 is 0. The highest BCUT2D eigenvalue weighted by Gasteiger charge is 2.23. The predicted octanol–water partition coefficient (Wildman–Crippen LogP) is -0.623. The number of nitrogens with zero attached hydrogens (tertiary/aromatic N) is 3. The van der Waals surface area contributed by atoms with E-state index in [9.17, 15) is 8.42 Å². The highest BCUT2D eigenvalue weighted by Crippen LogP contribution is 2.20. The molecule has 0 spiro atoms. The van der Waals surface area contributed by atoms with Gasteiger partial charge in [-0.15, -0.1) is 10.2 Å². The number of sulfone groups is 1. The fourth-order valence-electron chi connectivity index (χ4n) is 1.94. The molecule has 2 rings (SSSR count). The maximum absolute atomic E-state index is 11.2. The molecule has 16 heavy (non-hydrogen) atoms. The van der Waals surface area contributed by atoms with Crippen molar-refractivity contribution in [3.63, 3.8) is 0 Å². The molecule has 1 N–H and O–H groups in total. The van der Waals surface area contributed by atoms with Crippen LogP contribution in [0.1, 0.15) is 18.1 Å². The van der Waals surface area contributed by atoms with Crippen molar-refractivity contribution in [1.29, 1.82) is 0 Å². The maximum atomic E-state index is 11.2. The topological polar surface area (TPSA) is 85.1 Å². The molecule has 0 radical (unpaired) electrons. The SMILES string of the molecule is CS(=O)(=O)Cc1nnc2n1CC(CO)CC2. The summed E-state index contributed by atoms with van der Waals surface area (Å²) < 4.78 is 24.2. The van der Waals surface area contributed by atoms with E-state index in [2.05, 4.69) is 10.2 Å². The van der Waals surface area contributed by atoms with Gasteiger partial charge in [-0.25, -0.2) is 8.42 Å². The standard InChI is InChI=1S/C9H15N3O3S/c1-16(14,15)6-9-11-10-8-3-2-7(5-13)4-12(8)9/h7,13H,2-6H2,1H3. The molecule has 0 aliphatic carbocycles. The van der Waals surface area contributed by atoms with Gasteiger partial charge in [0.15, 0.2) is 9.84 Å². The molecule has 0 saturated heterocycles. The molecule has 0 fully saturated rings. The Morgan fingerprint density at radius 3 is 2.88 bits per heavy atom. The lowest BCUT2D eigenvalue weighted by Crippen LogP contribution is -2.24. The smallest absolute Gasteiger partial charge is 0.154 e. The van der Waals surface area contributed by atoms with E-state index in [1.165, 1.54) is 6.26 Å². The molecule has 2 heterocycles. The van der Waals surface area contributed by atoms with Gasteiger partial charge in [0.1, 0.15) is 17.4 Å². The fourth-order valence-corrected chi connectivity index (χ4v) is 2.62. The molecule has 0 saturated carbocycles. The molecule has 1 atom stereocenters. The number of hydrogen-bond donors (Lipinski definition) is 1. The number of aliphatic hydroxyl groups is 1. The predicted molar refractivity (Wildman–Crippen MR) is 57.5 cm³/mol. The average molecular weight is 245 g/mol. The van der Waals surface area contributed by atoms with Crippen molar-refractivity contribution in [3.8, 4) is 0 Å². The van der Waals surface area contributed by atoms with E-state index < -0.39 is 9.84 Å². The Hall–Kier alpha value is -0.950. The van der Waals surface area contributed by atoms with Crippen molar-refractivity contribution in [3.05, 3.63) is 11.6 Å². The van der Waals surface area contributed by atoms with Crippen molar-refractivity contribution in [2.75, 3.05) is 12.9 Å². The first-order valence-corrected chi connectivity index (χ1v) is 7.25. The molecule has 90 valence electrons. The summed E-state index contributed by atoms with van der Waals surface area (Å²) in [5, 5.41) is 17.0. The number of rotatable bonds is 3. The van der Waals surface area contributed by atoms with E-state index in [1.807, 2.05) is 4.57 Å². The molecule has 0 aromatic carbocycles. The van der Waals surface area contributed by atoms with Crippen LogP contribution in [0.4, 0.5) is 0 Å². The lowest BCUT2D eigenvalue weighted by molar-refractivity contribution is 0.190. The van der Waals surface area contributed by atoms with Crippen molar-refractivity contribution >= 4 is 9.84 Å². The first-order chi connectivity index (χ1) is 7.49. The fraction of sp³-hybridized carbons (Fsp3) is 0.778. The third-order valence-corrected chi connectivity index (χ3v) is 3.55. The van der Waals surface area contributed by atoms with Gasteiger partial charge in [0.25, 0.3) is 0 Å². The molecular formula is C9H15N3O3S. The van der Waals surface area contributed by atoms with Crippen LogP contribution >= 0.6 is 0 Å². The van der Waals surface area contributed by atoms with Crippen LogP contribution in [0.2, 0.25) is 0 Å². The van der Waals surface area contributed by atoms with E-state index >= 15 is 0 Å². The van der Waals surface area contributed by atoms with Crippen molar-refractivity contribution in [2.45, 2.75) is 25.1 Å². The summed E-state index contributed by atoms with van der Waals surface area (Å²) in [6.45, 7) is 0.736. The zero-order chi connectivity index (χ0) is 11.8. The molecule has 6 nitrogen and oxygen atoms in total. The Kier molecular flexibility index (Phi) is 2.98. The highest BCUT2D eigenvalue weighted by atomic mass is 32.2. The van der Waals surface area contributed by atoms with E-state index in [-0.39, 0.29) is 18.3 Å². The summed E-state index contributed by atoms with van der Waals surface area (Å²) in [5.41, 5.74) is 0. The lowest BCUT2D eigenvalue weighted by atomic mass is 10.0. The quantitative estimate of drug-likeness (QED) is 0.767. The number of fused-ring (bicyclic) bond motifs is 1. The monoisotopic (exact) mass is 245 g/mol. The summed E-state index contributed by atoms with van der Waals surface area (Å²) in [5.74, 6) is 1.40. The number of aromatic nitrogens is 3. The van der Waals surface area contributed by atoms with Crippen molar-refractivity contribution < 1.29 is 13.5 Å². The maximum Gasteiger partial charge on any atom is 0.154 e. The summed E-state index contributed by atoms with van der Waals surface area (Å²) in [4.78, 5) is 0. The third kappa shape index (κ3) is 2.41. The van der Waals surface area contributed by atoms with E-state index in [4.69, 9.17) is 5.11 Å². The number of aliphatic hydroxyl groups excluding tert-OH is 1. The molecular weight excluding hydrogens is 230 g/mol. The van der Waals surface area contributed by atoms with Gasteiger partial charge in [-0.1, -0.05) is 0 Å². The number of aryl methyl sites for hydroxylation is 1. The second-order valence-corrected chi connectivity index (χ2v) is 6.44. The zero-order valence-corrected chi connectivity index (χ0v) is 9.94. The van der Waals surface area contributed by atoms with Crippen LogP contribution in [-0.4, -0.2) is 41.2 Å². The van der Waals surface area contributed by atoms with Gasteiger partial charge < -0.3 is 9.67 Å². The first kappa shape index (κ1) is 11.5. The van der Waals surface area contributed by atoms with E-state index in [0.29, 0.717) is 12.4 Å². The summed E-state index contributed by atoms with van der Waals surface area (Å²) in [6.07, 6.45) is 2.82. The van der Waals surface area contributed by atoms with Crippen molar-refractivity contribution in [2.24, 2.45) is 5.92 Å². The van der Waals surface area contributed by atoms with Gasteiger partial charge in [0.2, 0.25) is 0 Å². The zero-order valence-electron chi connectivity index (χ0n) is 9.13. The van der Waals surface area contributed by atoms with Crippen LogP contribution in [-0.2, 0) is 28.6 Å². The van der Waals surface area contributed by atoms with Crippen LogP contribution in [0.15, 0.2) is 0 Å². The summed E-state index contributed by atoms with van der Waals surface area (Å²) in [7, 11) is -3.09. The molecule has 0 amide bonds. The van der Waals surface area contributed by atoms with Gasteiger partial charge in [-0.3, -0.25) is 0 Å². The minimum atomic E-state index is -3.09. The molecule has 7 heteroatoms. The van der Waals surface area contributed by atoms with Crippen LogP contribution in [0, 0.1) is 5.92 Å². The van der Waals surface area contributed by atoms with Crippen LogP contribution in [0.5, 0.6) is 0 Å². The molecule has 1 unspecified atom stereocenters. The van der Waals surface area contributed by atoms with Crippen molar-refractivity contribution in [1.82, 2.24) is 14.8 Å². The van der Waals surface area contributed by atoms with Crippen LogP contribution in [0.25, 0.3) is 0 Å². The van der Waals surface area contributed by atoms with Gasteiger partial charge in [0.05, 0.1) is 0 Å². The van der Waals surface area contributed by atoms with Gasteiger partial charge in [-0.05, 0) is 6.42 Å². The van der Waals surface area contributed by atoms with Crippen LogP contribution < -0.4 is 0 Å². The Labute approximate surface area is 94.2 Å². The second-order valence-electron chi connectivity index (χ2n) is 4.30. The Morgan fingerprint density at radius 1 is 1.50 bits per heavy atom. The Morgan fingerprint density at radius 2 is 2.25 bits per heavy atom. The number of hydrogen-bond acceptors (Lipinski definition) is 5. The molecule has 1 aromatic rings. The first-order valence-electron chi connectivity index (χ1n) is 5.19. The minimum absolute atomic E-state index is 0.0852. The van der Waals surface area contributed by atoms with Gasteiger partial charge in [-0.2, -0.15) is 0 Å². The molecule has 1 aromatic heterocycles. The average Bonchev–Trinajstić information content (AvgIpc) is 2.58. The Bertz CT molecular complexity index is 480. The molecule has 1 aliphatic rings. The third-order valence-electron chi connectivity index (χ3n) is 2.77.